The summed E-state index contributed by atoms with van der Waals surface area (Å²) < 4.78 is 2.64. The van der Waals surface area contributed by atoms with Crippen LogP contribution in [0.5, 0.6) is 0 Å². The van der Waals surface area contributed by atoms with E-state index in [2.05, 4.69) is 10.3 Å². The van der Waals surface area contributed by atoms with Gasteiger partial charge in [-0.05, 0) is 30.3 Å². The first-order valence-electron chi connectivity index (χ1n) is 8.04. The molecule has 5 aromatic rings. The predicted molar refractivity (Wildman–Crippen MR) is 110 cm³/mol. The lowest BCUT2D eigenvalue weighted by molar-refractivity contribution is 0.102. The summed E-state index contributed by atoms with van der Waals surface area (Å²) in [6.07, 6.45) is 0. The van der Waals surface area contributed by atoms with Gasteiger partial charge in [-0.15, -0.1) is 11.3 Å². The summed E-state index contributed by atoms with van der Waals surface area (Å²) in [7, 11) is 0. The number of imidazole rings is 1. The number of para-hydroxylation sites is 3. The lowest BCUT2D eigenvalue weighted by atomic mass is 10.2. The third-order valence-electron chi connectivity index (χ3n) is 4.27. The third-order valence-corrected chi connectivity index (χ3v) is 5.76. The van der Waals surface area contributed by atoms with Crippen molar-refractivity contribution in [2.24, 2.45) is 0 Å². The SMILES string of the molecule is O=C(Nc1nc2ccccc2c2nc3ccccc3n12)c1cc(Cl)sc1Cl. The minimum atomic E-state index is -0.370. The van der Waals surface area contributed by atoms with E-state index in [4.69, 9.17) is 28.2 Å². The van der Waals surface area contributed by atoms with E-state index in [9.17, 15) is 4.79 Å². The maximum atomic E-state index is 12.8. The molecule has 0 aliphatic carbocycles. The van der Waals surface area contributed by atoms with Crippen molar-refractivity contribution in [3.8, 4) is 0 Å². The van der Waals surface area contributed by atoms with Crippen LogP contribution in [0.1, 0.15) is 10.4 Å². The normalized spacial score (nSPS) is 11.5. The van der Waals surface area contributed by atoms with Crippen LogP contribution >= 0.6 is 34.5 Å². The van der Waals surface area contributed by atoms with Crippen molar-refractivity contribution < 1.29 is 4.79 Å². The molecule has 0 bridgehead atoms. The third kappa shape index (κ3) is 2.65. The van der Waals surface area contributed by atoms with Gasteiger partial charge in [0.05, 0.1) is 26.4 Å². The van der Waals surface area contributed by atoms with Crippen molar-refractivity contribution in [3.63, 3.8) is 0 Å². The molecule has 0 atom stereocenters. The highest BCUT2D eigenvalue weighted by molar-refractivity contribution is 7.20. The topological polar surface area (TPSA) is 59.3 Å². The van der Waals surface area contributed by atoms with Gasteiger partial charge in [0.15, 0.2) is 0 Å². The average molecular weight is 413 g/mol. The van der Waals surface area contributed by atoms with Crippen molar-refractivity contribution in [1.29, 1.82) is 0 Å². The Kier molecular flexibility index (Phi) is 3.79. The van der Waals surface area contributed by atoms with Gasteiger partial charge in [0.2, 0.25) is 5.95 Å². The standard InChI is InChI=1S/C19H10Cl2N4OS/c20-15-9-11(16(21)27-15)18(26)24-19-23-12-6-2-1-5-10(12)17-22-13-7-3-4-8-14(13)25(17)19/h1-9H,(H,23,24,26). The van der Waals surface area contributed by atoms with Crippen LogP contribution in [0.15, 0.2) is 54.6 Å². The summed E-state index contributed by atoms with van der Waals surface area (Å²) in [5.41, 5.74) is 3.47. The highest BCUT2D eigenvalue weighted by Crippen LogP contribution is 2.32. The van der Waals surface area contributed by atoms with Gasteiger partial charge >= 0.3 is 0 Å². The number of carbonyl (C=O) groups is 1. The molecule has 132 valence electrons. The molecule has 0 spiro atoms. The number of rotatable bonds is 2. The molecule has 0 aliphatic heterocycles. The second-order valence-corrected chi connectivity index (χ2v) is 8.19. The molecule has 0 aliphatic rings. The minimum Gasteiger partial charge on any atom is -0.291 e. The van der Waals surface area contributed by atoms with E-state index >= 15 is 0 Å². The molecule has 8 heteroatoms. The second-order valence-electron chi connectivity index (χ2n) is 5.90. The Morgan fingerprint density at radius 1 is 1.00 bits per heavy atom. The summed E-state index contributed by atoms with van der Waals surface area (Å²) in [6.45, 7) is 0. The minimum absolute atomic E-state index is 0.319. The lowest BCUT2D eigenvalue weighted by Gasteiger charge is -2.09. The van der Waals surface area contributed by atoms with Gasteiger partial charge in [-0.2, -0.15) is 0 Å². The Morgan fingerprint density at radius 3 is 2.52 bits per heavy atom. The molecule has 3 aromatic heterocycles. The first-order chi connectivity index (χ1) is 13.1. The number of nitrogens with zero attached hydrogens (tertiary/aromatic N) is 3. The molecule has 5 nitrogen and oxygen atoms in total. The zero-order chi connectivity index (χ0) is 18.5. The van der Waals surface area contributed by atoms with E-state index in [1.165, 1.54) is 0 Å². The molecule has 0 saturated carbocycles. The fourth-order valence-corrected chi connectivity index (χ4v) is 4.55. The highest BCUT2D eigenvalue weighted by Gasteiger charge is 2.19. The molecule has 0 radical (unpaired) electrons. The number of hydrogen-bond donors (Lipinski definition) is 1. The Balaban J connectivity index is 1.77. The molecule has 3 heterocycles. The summed E-state index contributed by atoms with van der Waals surface area (Å²) in [4.78, 5) is 22.1. The number of nitrogens with one attached hydrogen (secondary N) is 1. The van der Waals surface area contributed by atoms with Crippen molar-refractivity contribution in [2.75, 3.05) is 5.32 Å². The van der Waals surface area contributed by atoms with Gasteiger partial charge in [-0.1, -0.05) is 47.5 Å². The fourth-order valence-electron chi connectivity index (χ4n) is 3.09. The maximum absolute atomic E-state index is 12.8. The second kappa shape index (κ2) is 6.20. The molecule has 5 rings (SSSR count). The van der Waals surface area contributed by atoms with Gasteiger partial charge in [0.1, 0.15) is 9.98 Å². The first-order valence-corrected chi connectivity index (χ1v) is 9.61. The van der Waals surface area contributed by atoms with Crippen LogP contribution in [-0.2, 0) is 0 Å². The van der Waals surface area contributed by atoms with E-state index in [1.54, 1.807) is 6.07 Å². The zero-order valence-corrected chi connectivity index (χ0v) is 15.9. The van der Waals surface area contributed by atoms with Crippen LogP contribution in [0.3, 0.4) is 0 Å². The number of aromatic nitrogens is 3. The van der Waals surface area contributed by atoms with Gasteiger partial charge < -0.3 is 0 Å². The van der Waals surface area contributed by atoms with Crippen molar-refractivity contribution >= 4 is 74.0 Å². The van der Waals surface area contributed by atoms with E-state index < -0.39 is 0 Å². The van der Waals surface area contributed by atoms with Crippen LogP contribution in [0, 0.1) is 0 Å². The monoisotopic (exact) mass is 412 g/mol. The van der Waals surface area contributed by atoms with Crippen LogP contribution < -0.4 is 5.32 Å². The largest absolute Gasteiger partial charge is 0.291 e. The highest BCUT2D eigenvalue weighted by atomic mass is 35.5. The Labute approximate surface area is 167 Å². The average Bonchev–Trinajstić information content (AvgIpc) is 3.22. The number of benzene rings is 2. The summed E-state index contributed by atoms with van der Waals surface area (Å²) >= 11 is 13.2. The molecule has 0 unspecified atom stereocenters. The number of hydrogen-bond acceptors (Lipinski definition) is 4. The van der Waals surface area contributed by atoms with Crippen LogP contribution in [0.25, 0.3) is 27.6 Å². The van der Waals surface area contributed by atoms with E-state index in [0.29, 0.717) is 20.2 Å². The number of thiophene rings is 1. The summed E-state index contributed by atoms with van der Waals surface area (Å²) in [5, 5.41) is 3.77. The Bertz CT molecular complexity index is 1360. The van der Waals surface area contributed by atoms with Gasteiger partial charge in [0, 0.05) is 5.39 Å². The van der Waals surface area contributed by atoms with Crippen LogP contribution in [0.2, 0.25) is 8.67 Å². The fraction of sp³-hybridized carbons (Fsp3) is 0. The van der Waals surface area contributed by atoms with Crippen LogP contribution in [-0.4, -0.2) is 20.3 Å². The van der Waals surface area contributed by atoms with E-state index in [1.807, 2.05) is 52.9 Å². The number of carbonyl (C=O) groups excluding carboxylic acids is 1. The zero-order valence-electron chi connectivity index (χ0n) is 13.6. The summed E-state index contributed by atoms with van der Waals surface area (Å²) in [6, 6.07) is 17.0. The Hall–Kier alpha value is -2.67. The lowest BCUT2D eigenvalue weighted by Crippen LogP contribution is -2.15. The number of halogens is 2. The van der Waals surface area contributed by atoms with E-state index in [0.717, 1.165) is 38.9 Å². The molecule has 1 N–H and O–H groups in total. The van der Waals surface area contributed by atoms with Crippen molar-refractivity contribution in [3.05, 3.63) is 68.8 Å². The smallest absolute Gasteiger partial charge is 0.260 e. The first kappa shape index (κ1) is 16.5. The maximum Gasteiger partial charge on any atom is 0.260 e. The molecular weight excluding hydrogens is 403 g/mol. The molecule has 2 aromatic carbocycles. The van der Waals surface area contributed by atoms with Gasteiger partial charge in [-0.25, -0.2) is 9.97 Å². The number of fused-ring (bicyclic) bond motifs is 5. The molecule has 27 heavy (non-hydrogen) atoms. The number of amides is 1. The van der Waals surface area contributed by atoms with Gasteiger partial charge in [0.25, 0.3) is 5.91 Å². The number of anilines is 1. The van der Waals surface area contributed by atoms with Crippen molar-refractivity contribution in [2.45, 2.75) is 0 Å². The van der Waals surface area contributed by atoms with Crippen molar-refractivity contribution in [1.82, 2.24) is 14.4 Å². The Morgan fingerprint density at radius 2 is 1.74 bits per heavy atom. The molecule has 1 amide bonds. The van der Waals surface area contributed by atoms with Crippen LogP contribution in [0.4, 0.5) is 5.95 Å². The van der Waals surface area contributed by atoms with E-state index in [-0.39, 0.29) is 5.91 Å². The molecule has 0 saturated heterocycles. The summed E-state index contributed by atoms with van der Waals surface area (Å²) in [5.74, 6) is 0.00537. The molecule has 0 fully saturated rings. The quantitative estimate of drug-likeness (QED) is 0.407. The predicted octanol–water partition coefficient (Wildman–Crippen LogP) is 5.66. The van der Waals surface area contributed by atoms with Gasteiger partial charge in [-0.3, -0.25) is 14.5 Å². The molecular formula is C19H10Cl2N4OS.